The van der Waals surface area contributed by atoms with Crippen LogP contribution in [0.5, 0.6) is 5.75 Å². The highest BCUT2D eigenvalue weighted by atomic mass is 19.4. The van der Waals surface area contributed by atoms with Gasteiger partial charge in [-0.2, -0.15) is 13.2 Å². The molecule has 0 amide bonds. The van der Waals surface area contributed by atoms with Crippen LogP contribution in [0.3, 0.4) is 0 Å². The Morgan fingerprint density at radius 2 is 1.62 bits per heavy atom. The van der Waals surface area contributed by atoms with Gasteiger partial charge in [-0.1, -0.05) is 33.1 Å². The third-order valence-corrected chi connectivity index (χ3v) is 4.53. The molecule has 1 rings (SSSR count). The molecule has 0 aliphatic carbocycles. The number of hydrogen-bond acceptors (Lipinski definition) is 4. The number of unbranched alkanes of at least 4 members (excludes halogenated alkanes) is 3. The zero-order valence-corrected chi connectivity index (χ0v) is 18.8. The molecule has 1 atom stereocenters. The van der Waals surface area contributed by atoms with Crippen LogP contribution in [-0.2, 0) is 5.60 Å². The van der Waals surface area contributed by atoms with Crippen LogP contribution in [0.4, 0.5) is 18.9 Å². The number of nitrogens with two attached hydrogens (primary N) is 1. The van der Waals surface area contributed by atoms with E-state index in [0.29, 0.717) is 17.7 Å². The molecule has 4 nitrogen and oxygen atoms in total. The average molecular weight is 421 g/mol. The second kappa shape index (κ2) is 14.3. The summed E-state index contributed by atoms with van der Waals surface area (Å²) >= 11 is 0. The summed E-state index contributed by atoms with van der Waals surface area (Å²) < 4.78 is 45.5. The highest BCUT2D eigenvalue weighted by Crippen LogP contribution is 2.47. The van der Waals surface area contributed by atoms with Gasteiger partial charge in [0.05, 0.1) is 7.11 Å². The molecule has 0 aliphatic rings. The molecular weight excluding hydrogens is 381 g/mol. The normalized spacial score (nSPS) is 12.9. The molecule has 3 N–H and O–H groups in total. The smallest absolute Gasteiger partial charge is 0.421 e. The lowest BCUT2D eigenvalue weighted by atomic mass is 9.85. The number of benzene rings is 1. The largest absolute Gasteiger partial charge is 0.496 e. The Kier molecular flexibility index (Phi) is 14.5. The van der Waals surface area contributed by atoms with Gasteiger partial charge in [0.15, 0.2) is 5.60 Å². The fourth-order valence-electron chi connectivity index (χ4n) is 2.43. The summed E-state index contributed by atoms with van der Waals surface area (Å²) in [5.41, 5.74) is 3.32. The molecule has 0 aliphatic heterocycles. The maximum absolute atomic E-state index is 13.5. The number of aryl methyl sites for hydroxylation is 1. The lowest BCUT2D eigenvalue weighted by Gasteiger charge is -2.32. The number of nitrogens with zero attached hydrogens (tertiary/aromatic N) is 1. The lowest BCUT2D eigenvalue weighted by molar-refractivity contribution is -0.270. The minimum atomic E-state index is -4.78. The third kappa shape index (κ3) is 9.54. The molecule has 170 valence electrons. The van der Waals surface area contributed by atoms with E-state index in [-0.39, 0.29) is 17.7 Å². The molecule has 0 saturated carbocycles. The molecule has 1 unspecified atom stereocenters. The Morgan fingerprint density at radius 3 is 2.00 bits per heavy atom. The van der Waals surface area contributed by atoms with E-state index in [1.54, 1.807) is 6.92 Å². The van der Waals surface area contributed by atoms with Crippen LogP contribution in [0, 0.1) is 6.92 Å². The SMILES string of the molecule is C=C.CCCCCCC(O)(c1cc(C)c(N)cc1OC)C(F)(F)F.CCN(C)C. The van der Waals surface area contributed by atoms with Crippen molar-refractivity contribution in [2.24, 2.45) is 0 Å². The van der Waals surface area contributed by atoms with Crippen molar-refractivity contribution in [3.63, 3.8) is 0 Å². The predicted octanol–water partition coefficient (Wildman–Crippen LogP) is 5.68. The highest BCUT2D eigenvalue weighted by molar-refractivity contribution is 5.56. The Hall–Kier alpha value is -1.73. The predicted molar refractivity (Wildman–Crippen MR) is 116 cm³/mol. The van der Waals surface area contributed by atoms with Crippen LogP contribution in [0.15, 0.2) is 25.3 Å². The van der Waals surface area contributed by atoms with Crippen LogP contribution < -0.4 is 10.5 Å². The van der Waals surface area contributed by atoms with E-state index in [9.17, 15) is 18.3 Å². The Bertz CT molecular complexity index is 578. The van der Waals surface area contributed by atoms with E-state index >= 15 is 0 Å². The van der Waals surface area contributed by atoms with Crippen molar-refractivity contribution in [3.05, 3.63) is 36.4 Å². The first-order chi connectivity index (χ1) is 13.4. The fourth-order valence-corrected chi connectivity index (χ4v) is 2.43. The number of anilines is 1. The molecule has 29 heavy (non-hydrogen) atoms. The molecule has 0 spiro atoms. The number of halogens is 3. The Labute approximate surface area is 174 Å². The quantitative estimate of drug-likeness (QED) is 0.323. The van der Waals surface area contributed by atoms with Crippen molar-refractivity contribution in [1.29, 1.82) is 0 Å². The summed E-state index contributed by atoms with van der Waals surface area (Å²) in [6, 6.07) is 2.59. The molecule has 7 heteroatoms. The number of methoxy groups -OCH3 is 1. The highest BCUT2D eigenvalue weighted by Gasteiger charge is 2.55. The van der Waals surface area contributed by atoms with Crippen LogP contribution >= 0.6 is 0 Å². The van der Waals surface area contributed by atoms with Crippen molar-refractivity contribution < 1.29 is 23.0 Å². The summed E-state index contributed by atoms with van der Waals surface area (Å²) in [5, 5.41) is 10.4. The van der Waals surface area contributed by atoms with Gasteiger partial charge in [0, 0.05) is 17.3 Å². The minimum absolute atomic E-state index is 0.0431. The first kappa shape index (κ1) is 29.5. The summed E-state index contributed by atoms with van der Waals surface area (Å²) in [7, 11) is 5.38. The maximum atomic E-state index is 13.5. The van der Waals surface area contributed by atoms with Gasteiger partial charge < -0.3 is 20.5 Å². The van der Waals surface area contributed by atoms with Crippen LogP contribution in [0.2, 0.25) is 0 Å². The number of ether oxygens (including phenoxy) is 1. The van der Waals surface area contributed by atoms with Gasteiger partial charge in [-0.25, -0.2) is 0 Å². The van der Waals surface area contributed by atoms with Gasteiger partial charge in [0.1, 0.15) is 5.75 Å². The second-order valence-corrected chi connectivity index (χ2v) is 6.97. The summed E-state index contributed by atoms with van der Waals surface area (Å²) in [6.07, 6.45) is -2.49. The van der Waals surface area contributed by atoms with Crippen LogP contribution in [-0.4, -0.2) is 43.9 Å². The van der Waals surface area contributed by atoms with Crippen molar-refractivity contribution in [3.8, 4) is 5.75 Å². The van der Waals surface area contributed by atoms with Crippen LogP contribution in [0.25, 0.3) is 0 Å². The summed E-state index contributed by atoms with van der Waals surface area (Å²) in [4.78, 5) is 2.12. The third-order valence-electron chi connectivity index (χ3n) is 4.53. The van der Waals surface area contributed by atoms with E-state index in [1.165, 1.54) is 19.2 Å². The number of hydrogen-bond donors (Lipinski definition) is 2. The van der Waals surface area contributed by atoms with Gasteiger partial charge >= 0.3 is 6.18 Å². The number of aliphatic hydroxyl groups is 1. The first-order valence-corrected chi connectivity index (χ1v) is 9.82. The number of alkyl halides is 3. The molecule has 1 aromatic carbocycles. The standard InChI is InChI=1S/C16H24F3NO2.C4H11N.C2H4/c1-4-5-6-7-8-15(21,16(17,18)19)12-9-11(2)13(20)10-14(12)22-3;1-4-5(2)3;1-2/h9-10,21H,4-8,20H2,1-3H3;4H2,1-3H3;1-2H2. The van der Waals surface area contributed by atoms with E-state index in [1.807, 2.05) is 6.92 Å². The summed E-state index contributed by atoms with van der Waals surface area (Å²) in [5.74, 6) is -0.0431. The van der Waals surface area contributed by atoms with E-state index in [0.717, 1.165) is 19.4 Å². The molecule has 0 radical (unpaired) electrons. The minimum Gasteiger partial charge on any atom is -0.496 e. The average Bonchev–Trinajstić information content (AvgIpc) is 2.67. The molecule has 0 fully saturated rings. The zero-order valence-electron chi connectivity index (χ0n) is 18.8. The second-order valence-electron chi connectivity index (χ2n) is 6.97. The summed E-state index contributed by atoms with van der Waals surface area (Å²) in [6.45, 7) is 12.8. The van der Waals surface area contributed by atoms with E-state index < -0.39 is 18.2 Å². The van der Waals surface area contributed by atoms with Gasteiger partial charge in [-0.15, -0.1) is 13.2 Å². The molecular formula is C22H39F3N2O2. The number of rotatable bonds is 8. The van der Waals surface area contributed by atoms with E-state index in [2.05, 4.69) is 39.1 Å². The molecule has 0 bridgehead atoms. The number of nitrogen functional groups attached to an aromatic ring is 1. The monoisotopic (exact) mass is 420 g/mol. The van der Waals surface area contributed by atoms with Gasteiger partial charge in [-0.3, -0.25) is 0 Å². The van der Waals surface area contributed by atoms with Crippen molar-refractivity contribution in [1.82, 2.24) is 4.90 Å². The lowest BCUT2D eigenvalue weighted by Crippen LogP contribution is -2.42. The van der Waals surface area contributed by atoms with Gasteiger partial charge in [0.2, 0.25) is 0 Å². The molecule has 0 heterocycles. The van der Waals surface area contributed by atoms with Crippen LogP contribution in [0.1, 0.15) is 57.1 Å². The zero-order chi connectivity index (χ0) is 23.3. The van der Waals surface area contributed by atoms with Crippen molar-refractivity contribution in [2.45, 2.75) is 64.7 Å². The molecule has 0 aromatic heterocycles. The van der Waals surface area contributed by atoms with Gasteiger partial charge in [-0.05, 0) is 52.0 Å². The Balaban J connectivity index is 0. The van der Waals surface area contributed by atoms with Gasteiger partial charge in [0.25, 0.3) is 0 Å². The van der Waals surface area contributed by atoms with Crippen molar-refractivity contribution in [2.75, 3.05) is 33.5 Å². The molecule has 0 saturated heterocycles. The van der Waals surface area contributed by atoms with Crippen molar-refractivity contribution >= 4 is 5.69 Å². The molecule has 1 aromatic rings. The first-order valence-electron chi connectivity index (χ1n) is 9.82. The topological polar surface area (TPSA) is 58.7 Å². The van der Waals surface area contributed by atoms with E-state index in [4.69, 9.17) is 10.5 Å². The maximum Gasteiger partial charge on any atom is 0.421 e. The Morgan fingerprint density at radius 1 is 1.10 bits per heavy atom. The fraction of sp³-hybridized carbons (Fsp3) is 0.636.